The highest BCUT2D eigenvalue weighted by molar-refractivity contribution is 9.11. The molecule has 0 amide bonds. The molecule has 0 aliphatic carbocycles. The molecule has 0 saturated carbocycles. The van der Waals surface area contributed by atoms with E-state index in [1.54, 1.807) is 0 Å². The zero-order chi connectivity index (χ0) is 11.5. The number of ether oxygens (including phenoxy) is 1. The molecule has 84 valence electrons. The minimum atomic E-state index is 0.0929. The summed E-state index contributed by atoms with van der Waals surface area (Å²) in [5, 5.41) is 0. The van der Waals surface area contributed by atoms with Gasteiger partial charge >= 0.3 is 0 Å². The van der Waals surface area contributed by atoms with Gasteiger partial charge in [-0.15, -0.1) is 0 Å². The van der Waals surface area contributed by atoms with E-state index in [2.05, 4.69) is 58.3 Å². The third-order valence-electron chi connectivity index (χ3n) is 1.94. The van der Waals surface area contributed by atoms with Crippen LogP contribution in [0.1, 0.15) is 13.8 Å². The van der Waals surface area contributed by atoms with E-state index >= 15 is 0 Å². The van der Waals surface area contributed by atoms with E-state index < -0.39 is 0 Å². The van der Waals surface area contributed by atoms with E-state index in [1.165, 1.54) is 0 Å². The highest BCUT2D eigenvalue weighted by Crippen LogP contribution is 2.29. The molecule has 1 aromatic rings. The van der Waals surface area contributed by atoms with Crippen molar-refractivity contribution >= 4 is 44.5 Å². The summed E-state index contributed by atoms with van der Waals surface area (Å²) in [4.78, 5) is 0. The lowest BCUT2D eigenvalue weighted by Gasteiger charge is -2.22. The van der Waals surface area contributed by atoms with Gasteiger partial charge in [0.2, 0.25) is 0 Å². The predicted molar refractivity (Wildman–Crippen MR) is 75.0 cm³/mol. The van der Waals surface area contributed by atoms with E-state index in [0.717, 1.165) is 20.4 Å². The van der Waals surface area contributed by atoms with Crippen LogP contribution >= 0.6 is 44.5 Å². The van der Waals surface area contributed by atoms with Crippen LogP contribution in [0.4, 0.5) is 0 Å². The monoisotopic (exact) mass is 352 g/mol. The van der Waals surface area contributed by atoms with Crippen molar-refractivity contribution in [3.05, 3.63) is 27.1 Å². The summed E-state index contributed by atoms with van der Waals surface area (Å²) in [7, 11) is 0. The lowest BCUT2D eigenvalue weighted by Crippen LogP contribution is -2.23. The summed E-state index contributed by atoms with van der Waals surface area (Å²) in [6, 6.07) is 5.89. The van der Waals surface area contributed by atoms with Crippen molar-refractivity contribution in [3.8, 4) is 5.75 Å². The molecule has 0 unspecified atom stereocenters. The summed E-state index contributed by atoms with van der Waals surface area (Å²) < 4.78 is 7.73. The van der Waals surface area contributed by atoms with Crippen molar-refractivity contribution in [2.45, 2.75) is 13.8 Å². The van der Waals surface area contributed by atoms with E-state index in [9.17, 15) is 0 Å². The lowest BCUT2D eigenvalue weighted by molar-refractivity contribution is 0.201. The lowest BCUT2D eigenvalue weighted by atomic mass is 9.98. The molecule has 0 aliphatic rings. The van der Waals surface area contributed by atoms with E-state index in [-0.39, 0.29) is 5.41 Å². The van der Waals surface area contributed by atoms with Gasteiger partial charge in [-0.1, -0.05) is 29.8 Å². The first-order chi connectivity index (χ1) is 6.94. The number of hydrogen-bond acceptors (Lipinski definition) is 2. The van der Waals surface area contributed by atoms with Crippen molar-refractivity contribution in [2.24, 2.45) is 5.41 Å². The largest absolute Gasteiger partial charge is 0.492 e. The molecule has 1 rings (SSSR count). The van der Waals surface area contributed by atoms with Crippen LogP contribution in [-0.4, -0.2) is 12.4 Å². The summed E-state index contributed by atoms with van der Waals surface area (Å²) in [6.45, 7) is 4.93. The average molecular weight is 354 g/mol. The van der Waals surface area contributed by atoms with Gasteiger partial charge in [0, 0.05) is 9.89 Å². The van der Waals surface area contributed by atoms with Crippen LogP contribution in [0.25, 0.3) is 0 Å². The Hall–Kier alpha value is 0.330. The Kier molecular flexibility index (Phi) is 5.00. The maximum atomic E-state index is 5.73. The highest BCUT2D eigenvalue weighted by atomic mass is 79.9. The zero-order valence-electron chi connectivity index (χ0n) is 8.76. The second-order valence-corrected chi connectivity index (χ2v) is 6.27. The first-order valence-electron chi connectivity index (χ1n) is 4.63. The predicted octanol–water partition coefficient (Wildman–Crippen LogP) is 4.55. The van der Waals surface area contributed by atoms with E-state index in [0.29, 0.717) is 6.61 Å². The molecule has 4 heteroatoms. The molecule has 0 fully saturated rings. The van der Waals surface area contributed by atoms with Crippen LogP contribution in [-0.2, 0) is 0 Å². The Morgan fingerprint density at radius 2 is 2.00 bits per heavy atom. The van der Waals surface area contributed by atoms with Crippen molar-refractivity contribution in [1.29, 1.82) is 0 Å². The highest BCUT2D eigenvalue weighted by Gasteiger charge is 2.17. The molecule has 0 spiro atoms. The number of rotatable bonds is 4. The van der Waals surface area contributed by atoms with Crippen LogP contribution in [0, 0.1) is 5.41 Å². The quantitative estimate of drug-likeness (QED) is 0.781. The van der Waals surface area contributed by atoms with Gasteiger partial charge in [0.25, 0.3) is 0 Å². The van der Waals surface area contributed by atoms with Gasteiger partial charge in [-0.3, -0.25) is 0 Å². The maximum absolute atomic E-state index is 5.73. The Morgan fingerprint density at radius 3 is 2.53 bits per heavy atom. The van der Waals surface area contributed by atoms with Crippen LogP contribution in [0.2, 0.25) is 0 Å². The summed E-state index contributed by atoms with van der Waals surface area (Å²) >= 11 is 11.2. The molecule has 0 radical (unpaired) electrons. The molecule has 0 aromatic heterocycles. The van der Waals surface area contributed by atoms with Crippen molar-refractivity contribution in [1.82, 2.24) is 0 Å². The van der Waals surface area contributed by atoms with Crippen molar-refractivity contribution in [2.75, 3.05) is 12.4 Å². The van der Waals surface area contributed by atoms with Gasteiger partial charge in [-0.25, -0.2) is 0 Å². The average Bonchev–Trinajstić information content (AvgIpc) is 2.16. The number of halogens is 2. The molecule has 1 nitrogen and oxygen atoms in total. The fourth-order valence-electron chi connectivity index (χ4n) is 0.911. The van der Waals surface area contributed by atoms with Crippen LogP contribution < -0.4 is 4.74 Å². The van der Waals surface area contributed by atoms with Gasteiger partial charge in [0.15, 0.2) is 0 Å². The first kappa shape index (κ1) is 13.4. The fraction of sp³-hybridized carbons (Fsp3) is 0.455. The van der Waals surface area contributed by atoms with Crippen molar-refractivity contribution in [3.63, 3.8) is 0 Å². The number of hydrogen-bond donors (Lipinski definition) is 1. The first-order valence-corrected chi connectivity index (χ1v) is 6.85. The summed E-state index contributed by atoms with van der Waals surface area (Å²) in [6.07, 6.45) is 0. The van der Waals surface area contributed by atoms with E-state index in [1.807, 2.05) is 18.2 Å². The molecular formula is C11H14Br2OS. The fourth-order valence-corrected chi connectivity index (χ4v) is 2.16. The molecule has 0 heterocycles. The minimum absolute atomic E-state index is 0.0929. The molecule has 15 heavy (non-hydrogen) atoms. The van der Waals surface area contributed by atoms with E-state index in [4.69, 9.17) is 4.74 Å². The molecule has 1 aromatic carbocycles. The van der Waals surface area contributed by atoms with Gasteiger partial charge in [0.05, 0.1) is 11.1 Å². The van der Waals surface area contributed by atoms with Crippen LogP contribution in [0.15, 0.2) is 27.1 Å². The van der Waals surface area contributed by atoms with Crippen LogP contribution in [0.5, 0.6) is 5.75 Å². The Morgan fingerprint density at radius 1 is 1.33 bits per heavy atom. The third kappa shape index (κ3) is 4.37. The van der Waals surface area contributed by atoms with Crippen molar-refractivity contribution < 1.29 is 4.74 Å². The standard InChI is InChI=1S/C11H14Br2OS/c1-11(2,7-15)6-14-10-4-3-8(12)5-9(10)13/h3-5,15H,6-7H2,1-2H3. The normalized spacial score (nSPS) is 11.5. The zero-order valence-corrected chi connectivity index (χ0v) is 12.8. The number of benzene rings is 1. The van der Waals surface area contributed by atoms with Gasteiger partial charge < -0.3 is 4.74 Å². The number of thiol groups is 1. The van der Waals surface area contributed by atoms with Gasteiger partial charge in [-0.05, 0) is 39.9 Å². The molecular weight excluding hydrogens is 340 g/mol. The summed E-state index contributed by atoms with van der Waals surface area (Å²) in [5.74, 6) is 1.68. The smallest absolute Gasteiger partial charge is 0.133 e. The Bertz CT molecular complexity index is 339. The van der Waals surface area contributed by atoms with Gasteiger partial charge in [-0.2, -0.15) is 12.6 Å². The Labute approximate surface area is 113 Å². The SMILES string of the molecule is CC(C)(CS)COc1ccc(Br)cc1Br. The van der Waals surface area contributed by atoms with Gasteiger partial charge in [0.1, 0.15) is 5.75 Å². The minimum Gasteiger partial charge on any atom is -0.492 e. The Balaban J connectivity index is 2.66. The molecule has 0 bridgehead atoms. The molecule has 0 atom stereocenters. The summed E-state index contributed by atoms with van der Waals surface area (Å²) in [5.41, 5.74) is 0.0929. The second kappa shape index (κ2) is 5.60. The second-order valence-electron chi connectivity index (χ2n) is 4.19. The third-order valence-corrected chi connectivity index (χ3v) is 3.91. The molecule has 0 N–H and O–H groups in total. The van der Waals surface area contributed by atoms with Crippen LogP contribution in [0.3, 0.4) is 0 Å². The molecule has 0 aliphatic heterocycles. The molecule has 0 saturated heterocycles. The topological polar surface area (TPSA) is 9.23 Å². The maximum Gasteiger partial charge on any atom is 0.133 e.